The summed E-state index contributed by atoms with van der Waals surface area (Å²) in [5.41, 5.74) is 1.13. The monoisotopic (exact) mass is 331 g/mol. The quantitative estimate of drug-likeness (QED) is 0.749. The Kier molecular flexibility index (Phi) is 4.19. The van der Waals surface area contributed by atoms with Gasteiger partial charge in [0.2, 0.25) is 0 Å². The number of nitrogens with one attached hydrogen (secondary N) is 1. The fourth-order valence-electron chi connectivity index (χ4n) is 2.25. The van der Waals surface area contributed by atoms with Crippen molar-refractivity contribution in [1.82, 2.24) is 19.7 Å². The number of anilines is 2. The minimum absolute atomic E-state index is 0.461. The number of aryl methyl sites for hydroxylation is 1. The van der Waals surface area contributed by atoms with Gasteiger partial charge in [0.1, 0.15) is 11.3 Å². The lowest BCUT2D eigenvalue weighted by atomic mass is 10.1. The Morgan fingerprint density at radius 1 is 1.30 bits per heavy atom. The first-order chi connectivity index (χ1) is 10.9. The van der Waals surface area contributed by atoms with E-state index in [0.29, 0.717) is 23.8 Å². The number of aromatic nitrogens is 4. The molecule has 120 valence electrons. The van der Waals surface area contributed by atoms with Gasteiger partial charge in [0.05, 0.1) is 23.5 Å². The third kappa shape index (κ3) is 3.78. The van der Waals surface area contributed by atoms with Gasteiger partial charge in [-0.05, 0) is 38.5 Å². The zero-order valence-electron chi connectivity index (χ0n) is 13.0. The molecule has 0 amide bonds. The van der Waals surface area contributed by atoms with Gasteiger partial charge >= 0.3 is 0 Å². The van der Waals surface area contributed by atoms with E-state index in [4.69, 9.17) is 11.6 Å². The Labute approximate surface area is 139 Å². The number of hydrogen-bond acceptors (Lipinski definition) is 5. The average molecular weight is 332 g/mol. The van der Waals surface area contributed by atoms with Gasteiger partial charge in [-0.1, -0.05) is 11.6 Å². The standard InChI is InChI=1S/C16H18ClN5O/c1-16(2,23)5-6-22-14-7-12(4-3-11(14)8-20-22)21-15-13(17)9-18-10-19-15/h3-4,7-10,23H,5-6H2,1-2H3,(H,18,19,21). The highest BCUT2D eigenvalue weighted by atomic mass is 35.5. The van der Waals surface area contributed by atoms with Crippen molar-refractivity contribution in [3.05, 3.63) is 41.9 Å². The Balaban J connectivity index is 1.87. The van der Waals surface area contributed by atoms with Crippen molar-refractivity contribution in [2.45, 2.75) is 32.4 Å². The molecule has 0 saturated carbocycles. The molecular formula is C16H18ClN5O. The van der Waals surface area contributed by atoms with Crippen molar-refractivity contribution < 1.29 is 5.11 Å². The molecule has 2 aromatic heterocycles. The molecule has 0 radical (unpaired) electrons. The lowest BCUT2D eigenvalue weighted by Crippen LogP contribution is -2.21. The number of rotatable bonds is 5. The molecular weight excluding hydrogens is 314 g/mol. The second-order valence-electron chi connectivity index (χ2n) is 6.05. The van der Waals surface area contributed by atoms with E-state index in [0.717, 1.165) is 16.6 Å². The van der Waals surface area contributed by atoms with E-state index in [1.165, 1.54) is 6.33 Å². The zero-order valence-corrected chi connectivity index (χ0v) is 13.7. The minimum Gasteiger partial charge on any atom is -0.390 e. The molecule has 0 saturated heterocycles. The van der Waals surface area contributed by atoms with Crippen LogP contribution in [0.5, 0.6) is 0 Å². The van der Waals surface area contributed by atoms with Crippen molar-refractivity contribution in [3.8, 4) is 0 Å². The number of nitrogens with zero attached hydrogens (tertiary/aromatic N) is 4. The molecule has 2 heterocycles. The molecule has 2 N–H and O–H groups in total. The van der Waals surface area contributed by atoms with Gasteiger partial charge < -0.3 is 10.4 Å². The fourth-order valence-corrected chi connectivity index (χ4v) is 2.40. The summed E-state index contributed by atoms with van der Waals surface area (Å²) in [6.07, 6.45) is 5.43. The van der Waals surface area contributed by atoms with Crippen molar-refractivity contribution in [1.29, 1.82) is 0 Å². The highest BCUT2D eigenvalue weighted by Crippen LogP contribution is 2.25. The number of aliphatic hydroxyl groups is 1. The van der Waals surface area contributed by atoms with Crippen LogP contribution in [0.2, 0.25) is 5.02 Å². The molecule has 0 atom stereocenters. The molecule has 0 bridgehead atoms. The molecule has 0 spiro atoms. The van der Waals surface area contributed by atoms with E-state index >= 15 is 0 Å². The maximum absolute atomic E-state index is 9.89. The van der Waals surface area contributed by atoms with Crippen LogP contribution in [-0.4, -0.2) is 30.5 Å². The highest BCUT2D eigenvalue weighted by Gasteiger charge is 2.14. The SMILES string of the molecule is CC(C)(O)CCn1ncc2ccc(Nc3ncncc3Cl)cc21. The second-order valence-corrected chi connectivity index (χ2v) is 6.46. The van der Waals surface area contributed by atoms with E-state index in [1.54, 1.807) is 20.0 Å². The molecule has 0 fully saturated rings. The molecule has 0 unspecified atom stereocenters. The van der Waals surface area contributed by atoms with Crippen molar-refractivity contribution in [3.63, 3.8) is 0 Å². The van der Waals surface area contributed by atoms with E-state index < -0.39 is 5.60 Å². The smallest absolute Gasteiger partial charge is 0.152 e. The van der Waals surface area contributed by atoms with E-state index in [2.05, 4.69) is 20.4 Å². The maximum atomic E-state index is 9.89. The van der Waals surface area contributed by atoms with Crippen LogP contribution in [0.4, 0.5) is 11.5 Å². The fraction of sp³-hybridized carbons (Fsp3) is 0.312. The molecule has 1 aromatic carbocycles. The molecule has 0 aliphatic rings. The van der Waals surface area contributed by atoms with Crippen molar-refractivity contribution in [2.24, 2.45) is 0 Å². The van der Waals surface area contributed by atoms with Crippen LogP contribution >= 0.6 is 11.6 Å². The summed E-state index contributed by atoms with van der Waals surface area (Å²) in [6, 6.07) is 5.92. The highest BCUT2D eigenvalue weighted by molar-refractivity contribution is 6.32. The van der Waals surface area contributed by atoms with Gasteiger partial charge in [0.15, 0.2) is 5.82 Å². The second kappa shape index (κ2) is 6.14. The van der Waals surface area contributed by atoms with E-state index in [9.17, 15) is 5.11 Å². The lowest BCUT2D eigenvalue weighted by molar-refractivity contribution is 0.0655. The van der Waals surface area contributed by atoms with Gasteiger partial charge in [-0.3, -0.25) is 4.68 Å². The summed E-state index contributed by atoms with van der Waals surface area (Å²) in [5, 5.41) is 19.0. The van der Waals surface area contributed by atoms with Crippen molar-refractivity contribution >= 4 is 34.0 Å². The Morgan fingerprint density at radius 2 is 2.13 bits per heavy atom. The number of halogens is 1. The summed E-state index contributed by atoms with van der Waals surface area (Å²) < 4.78 is 1.89. The molecule has 6 nitrogen and oxygen atoms in total. The van der Waals surface area contributed by atoms with Crippen molar-refractivity contribution in [2.75, 3.05) is 5.32 Å². The third-order valence-electron chi connectivity index (χ3n) is 3.51. The lowest BCUT2D eigenvalue weighted by Gasteiger charge is -2.17. The first kappa shape index (κ1) is 15.7. The van der Waals surface area contributed by atoms with Gasteiger partial charge in [-0.2, -0.15) is 5.10 Å². The van der Waals surface area contributed by atoms with Gasteiger partial charge in [0.25, 0.3) is 0 Å². The summed E-state index contributed by atoms with van der Waals surface area (Å²) in [6.45, 7) is 4.23. The predicted octanol–water partition coefficient (Wildman–Crippen LogP) is 3.38. The minimum atomic E-state index is -0.720. The van der Waals surface area contributed by atoms with Crippen LogP contribution in [0.15, 0.2) is 36.9 Å². The Hall–Kier alpha value is -2.18. The number of fused-ring (bicyclic) bond motifs is 1. The third-order valence-corrected chi connectivity index (χ3v) is 3.79. The largest absolute Gasteiger partial charge is 0.390 e. The van der Waals surface area contributed by atoms with E-state index in [1.807, 2.05) is 29.1 Å². The normalized spacial score (nSPS) is 11.8. The average Bonchev–Trinajstić information content (AvgIpc) is 2.89. The molecule has 0 aliphatic heterocycles. The summed E-state index contributed by atoms with van der Waals surface area (Å²) in [5.74, 6) is 0.559. The maximum Gasteiger partial charge on any atom is 0.152 e. The molecule has 7 heteroatoms. The van der Waals surface area contributed by atoms with E-state index in [-0.39, 0.29) is 0 Å². The van der Waals surface area contributed by atoms with Crippen LogP contribution in [-0.2, 0) is 6.54 Å². The van der Waals surface area contributed by atoms with Crippen LogP contribution in [0.25, 0.3) is 10.9 Å². The van der Waals surface area contributed by atoms with Crippen LogP contribution in [0.1, 0.15) is 20.3 Å². The molecule has 0 aliphatic carbocycles. The summed E-state index contributed by atoms with van der Waals surface area (Å²) in [4.78, 5) is 7.99. The number of benzene rings is 1. The van der Waals surface area contributed by atoms with Gasteiger partial charge in [-0.25, -0.2) is 9.97 Å². The van der Waals surface area contributed by atoms with Gasteiger partial charge in [0, 0.05) is 17.6 Å². The van der Waals surface area contributed by atoms with Gasteiger partial charge in [-0.15, -0.1) is 0 Å². The summed E-state index contributed by atoms with van der Waals surface area (Å²) in [7, 11) is 0. The first-order valence-corrected chi connectivity index (χ1v) is 7.71. The van der Waals surface area contributed by atoms with Crippen LogP contribution in [0.3, 0.4) is 0 Å². The predicted molar refractivity (Wildman–Crippen MR) is 91.0 cm³/mol. The molecule has 3 rings (SSSR count). The first-order valence-electron chi connectivity index (χ1n) is 7.33. The molecule has 23 heavy (non-hydrogen) atoms. The Bertz CT molecular complexity index is 825. The van der Waals surface area contributed by atoms with Crippen LogP contribution < -0.4 is 5.32 Å². The molecule has 3 aromatic rings. The topological polar surface area (TPSA) is 75.9 Å². The van der Waals surface area contributed by atoms with Crippen LogP contribution in [0, 0.1) is 0 Å². The zero-order chi connectivity index (χ0) is 16.4. The summed E-state index contributed by atoms with van der Waals surface area (Å²) >= 11 is 6.07. The number of hydrogen-bond donors (Lipinski definition) is 2. The Morgan fingerprint density at radius 3 is 2.87 bits per heavy atom.